The minimum Gasteiger partial charge on any atom is -0.446 e. The van der Waals surface area contributed by atoms with Crippen molar-refractivity contribution in [2.24, 2.45) is 5.11 Å². The Labute approximate surface area is 280 Å². The van der Waals surface area contributed by atoms with Crippen molar-refractivity contribution >= 4 is 17.8 Å². The van der Waals surface area contributed by atoms with Crippen LogP contribution in [0.1, 0.15) is 68.8 Å². The largest absolute Gasteiger partial charge is 0.446 e. The molecule has 4 atom stereocenters. The number of carbonyl (C=O) groups is 3. The quantitative estimate of drug-likeness (QED) is 0.0853. The van der Waals surface area contributed by atoms with Gasteiger partial charge in [0.1, 0.15) is 6.10 Å². The summed E-state index contributed by atoms with van der Waals surface area (Å²) < 4.78 is 5.79. The summed E-state index contributed by atoms with van der Waals surface area (Å²) in [5.41, 5.74) is 12.4. The molecular weight excluding hydrogens is 604 g/mol. The van der Waals surface area contributed by atoms with Crippen LogP contribution in [0, 0.1) is 0 Å². The molecule has 2 aliphatic rings. The molecule has 48 heavy (non-hydrogen) atoms. The van der Waals surface area contributed by atoms with Crippen LogP contribution in [-0.4, -0.2) is 65.9 Å². The molecule has 0 radical (unpaired) electrons. The van der Waals surface area contributed by atoms with Gasteiger partial charge in [-0.05, 0) is 48.1 Å². The third-order valence-corrected chi connectivity index (χ3v) is 9.18. The Morgan fingerprint density at radius 1 is 0.729 bits per heavy atom. The second kappa shape index (κ2) is 15.4. The van der Waals surface area contributed by atoms with Crippen molar-refractivity contribution in [2.75, 3.05) is 26.2 Å². The molecule has 1 N–H and O–H groups in total. The highest BCUT2D eigenvalue weighted by atomic mass is 16.6. The SMILES string of the molecule is [N-]=[N+]=NC1CCCC1OC(=O)N1CCN([C@@H](c2ccccc2)[C@H](NC(=O)c2ccc(C(=O)c3ccccc3)cc2)c2ccccc2)CC1. The van der Waals surface area contributed by atoms with E-state index < -0.39 is 18.2 Å². The fraction of sp³-hybridized carbons (Fsp3) is 0.289. The van der Waals surface area contributed by atoms with Crippen molar-refractivity contribution in [3.8, 4) is 0 Å². The van der Waals surface area contributed by atoms with E-state index in [4.69, 9.17) is 10.3 Å². The summed E-state index contributed by atoms with van der Waals surface area (Å²) in [6.45, 7) is 2.03. The molecular formula is C38H38N6O4. The van der Waals surface area contributed by atoms with Crippen LogP contribution in [0.15, 0.2) is 120 Å². The van der Waals surface area contributed by atoms with Gasteiger partial charge in [0.2, 0.25) is 0 Å². The van der Waals surface area contributed by atoms with Gasteiger partial charge in [-0.2, -0.15) is 0 Å². The maximum atomic E-state index is 13.9. The standard InChI is InChI=1S/C38H38N6O4/c39-42-41-32-17-10-18-33(32)48-38(47)44-25-23-43(24-26-44)35(28-13-6-2-7-14-28)34(27-11-4-1-5-12-27)40-37(46)31-21-19-30(20-22-31)36(45)29-15-8-3-9-16-29/h1-9,11-16,19-22,32-35H,10,17-18,23-26H2,(H,40,46)/t32?,33?,34-,35+/m1/s1. The number of piperazine rings is 1. The van der Waals surface area contributed by atoms with Crippen LogP contribution in [-0.2, 0) is 4.74 Å². The molecule has 244 valence electrons. The fourth-order valence-corrected chi connectivity index (χ4v) is 6.65. The lowest BCUT2D eigenvalue weighted by atomic mass is 9.91. The highest BCUT2D eigenvalue weighted by Gasteiger charge is 2.36. The molecule has 1 saturated carbocycles. The van der Waals surface area contributed by atoms with Gasteiger partial charge in [0.15, 0.2) is 5.78 Å². The predicted octanol–water partition coefficient (Wildman–Crippen LogP) is 7.12. The van der Waals surface area contributed by atoms with Gasteiger partial charge in [0.25, 0.3) is 5.91 Å². The Morgan fingerprint density at radius 2 is 1.29 bits per heavy atom. The van der Waals surface area contributed by atoms with E-state index in [1.54, 1.807) is 41.3 Å². The molecule has 1 aliphatic carbocycles. The lowest BCUT2D eigenvalue weighted by molar-refractivity contribution is 0.0317. The molecule has 10 heteroatoms. The first-order valence-electron chi connectivity index (χ1n) is 16.4. The number of nitrogens with one attached hydrogen (secondary N) is 1. The minimum atomic E-state index is -0.423. The number of azide groups is 1. The molecule has 1 saturated heterocycles. The van der Waals surface area contributed by atoms with Crippen LogP contribution in [0.2, 0.25) is 0 Å². The molecule has 1 heterocycles. The number of nitrogens with zero attached hydrogens (tertiary/aromatic N) is 5. The van der Waals surface area contributed by atoms with E-state index >= 15 is 0 Å². The molecule has 2 unspecified atom stereocenters. The summed E-state index contributed by atoms with van der Waals surface area (Å²) in [4.78, 5) is 46.9. The second-order valence-corrected chi connectivity index (χ2v) is 12.1. The molecule has 0 bridgehead atoms. The molecule has 6 rings (SSSR count). The molecule has 4 aromatic carbocycles. The summed E-state index contributed by atoms with van der Waals surface area (Å²) in [6.07, 6.45) is 1.48. The summed E-state index contributed by atoms with van der Waals surface area (Å²) >= 11 is 0. The van der Waals surface area contributed by atoms with Gasteiger partial charge >= 0.3 is 6.09 Å². The van der Waals surface area contributed by atoms with E-state index in [0.29, 0.717) is 49.3 Å². The maximum Gasteiger partial charge on any atom is 0.410 e. The van der Waals surface area contributed by atoms with Crippen molar-refractivity contribution in [1.29, 1.82) is 0 Å². The van der Waals surface area contributed by atoms with Crippen molar-refractivity contribution in [3.05, 3.63) is 154 Å². The number of rotatable bonds is 10. The zero-order valence-electron chi connectivity index (χ0n) is 26.6. The Kier molecular flexibility index (Phi) is 10.4. The molecule has 1 aliphatic heterocycles. The minimum absolute atomic E-state index is 0.101. The first-order chi connectivity index (χ1) is 23.5. The Balaban J connectivity index is 1.21. The molecule has 4 aromatic rings. The monoisotopic (exact) mass is 642 g/mol. The van der Waals surface area contributed by atoms with E-state index in [-0.39, 0.29) is 23.8 Å². The van der Waals surface area contributed by atoms with Gasteiger partial charge in [0, 0.05) is 47.8 Å². The van der Waals surface area contributed by atoms with Gasteiger partial charge in [-0.25, -0.2) is 4.79 Å². The third-order valence-electron chi connectivity index (χ3n) is 9.18. The number of carbonyl (C=O) groups excluding carboxylic acids is 3. The van der Waals surface area contributed by atoms with Crippen LogP contribution < -0.4 is 5.32 Å². The predicted molar refractivity (Wildman–Crippen MR) is 182 cm³/mol. The Hall–Kier alpha value is -5.44. The lowest BCUT2D eigenvalue weighted by Crippen LogP contribution is -2.52. The number of benzene rings is 4. The molecule has 0 spiro atoms. The van der Waals surface area contributed by atoms with Gasteiger partial charge in [-0.1, -0.05) is 108 Å². The van der Waals surface area contributed by atoms with E-state index in [1.165, 1.54) is 0 Å². The molecule has 2 amide bonds. The van der Waals surface area contributed by atoms with Crippen LogP contribution in [0.3, 0.4) is 0 Å². The van der Waals surface area contributed by atoms with Crippen molar-refractivity contribution in [1.82, 2.24) is 15.1 Å². The van der Waals surface area contributed by atoms with E-state index in [2.05, 4.69) is 32.4 Å². The second-order valence-electron chi connectivity index (χ2n) is 12.1. The normalized spacial score (nSPS) is 19.0. The van der Waals surface area contributed by atoms with E-state index in [9.17, 15) is 14.4 Å². The van der Waals surface area contributed by atoms with E-state index in [1.807, 2.05) is 66.7 Å². The van der Waals surface area contributed by atoms with Crippen molar-refractivity contribution in [3.63, 3.8) is 0 Å². The summed E-state index contributed by atoms with van der Waals surface area (Å²) in [5, 5.41) is 7.13. The number of hydrogen-bond acceptors (Lipinski definition) is 6. The zero-order valence-corrected chi connectivity index (χ0v) is 26.6. The summed E-state index contributed by atoms with van der Waals surface area (Å²) in [6, 6.07) is 34.8. The summed E-state index contributed by atoms with van der Waals surface area (Å²) in [5.74, 6) is -0.354. The topological polar surface area (TPSA) is 128 Å². The molecule has 0 aromatic heterocycles. The van der Waals surface area contributed by atoms with Crippen molar-refractivity contribution < 1.29 is 19.1 Å². The third kappa shape index (κ3) is 7.57. The number of amides is 2. The maximum absolute atomic E-state index is 13.9. The lowest BCUT2D eigenvalue weighted by Gasteiger charge is -2.42. The van der Waals surface area contributed by atoms with Crippen LogP contribution in [0.4, 0.5) is 4.79 Å². The Morgan fingerprint density at radius 3 is 1.92 bits per heavy atom. The first-order valence-corrected chi connectivity index (χ1v) is 16.4. The van der Waals surface area contributed by atoms with Crippen LogP contribution in [0.25, 0.3) is 10.4 Å². The van der Waals surface area contributed by atoms with E-state index in [0.717, 1.165) is 24.0 Å². The van der Waals surface area contributed by atoms with Crippen LogP contribution in [0.5, 0.6) is 0 Å². The average Bonchev–Trinajstić information content (AvgIpc) is 3.58. The molecule has 2 fully saturated rings. The fourth-order valence-electron chi connectivity index (χ4n) is 6.65. The van der Waals surface area contributed by atoms with Gasteiger partial charge < -0.3 is 15.0 Å². The van der Waals surface area contributed by atoms with Crippen molar-refractivity contribution in [2.45, 2.75) is 43.5 Å². The average molecular weight is 643 g/mol. The highest BCUT2D eigenvalue weighted by molar-refractivity contribution is 6.09. The van der Waals surface area contributed by atoms with Gasteiger partial charge in [0.05, 0.1) is 18.1 Å². The van der Waals surface area contributed by atoms with Gasteiger partial charge in [-0.15, -0.1) is 0 Å². The number of ketones is 1. The molecule has 10 nitrogen and oxygen atoms in total. The zero-order chi connectivity index (χ0) is 33.3. The smallest absolute Gasteiger partial charge is 0.410 e. The number of hydrogen-bond donors (Lipinski definition) is 1. The summed E-state index contributed by atoms with van der Waals surface area (Å²) in [7, 11) is 0. The Bertz CT molecular complexity index is 1740. The van der Waals surface area contributed by atoms with Crippen LogP contribution >= 0.6 is 0 Å². The van der Waals surface area contributed by atoms with Gasteiger partial charge in [-0.3, -0.25) is 14.5 Å². The number of ether oxygens (including phenoxy) is 1. The highest BCUT2D eigenvalue weighted by Crippen LogP contribution is 2.36. The first kappa shape index (κ1) is 32.5.